The summed E-state index contributed by atoms with van der Waals surface area (Å²) in [5, 5.41) is 0. The van der Waals surface area contributed by atoms with Gasteiger partial charge in [-0.05, 0) is 25.8 Å². The van der Waals surface area contributed by atoms with Crippen LogP contribution in [-0.4, -0.2) is 0 Å². The predicted octanol–water partition coefficient (Wildman–Crippen LogP) is 3.01. The largest absolute Gasteiger partial charge is 0.0850 e. The Kier molecular flexibility index (Phi) is 2.91. The monoisotopic (exact) mass is 145 g/mol. The Labute approximate surface area is 68.6 Å². The quantitative estimate of drug-likeness (QED) is 0.600. The fourth-order valence-corrected chi connectivity index (χ4v) is 0.990. The molecule has 1 aromatic rings. The van der Waals surface area contributed by atoms with Crippen molar-refractivity contribution in [2.24, 2.45) is 0 Å². The third-order valence-electron chi connectivity index (χ3n) is 1.67. The zero-order chi connectivity index (χ0) is 8.10. The molecule has 1 aromatic carbocycles. The Morgan fingerprint density at radius 3 is 2.55 bits per heavy atom. The average Bonchev–Trinajstić information content (AvgIpc) is 2.06. The third-order valence-corrected chi connectivity index (χ3v) is 1.67. The van der Waals surface area contributed by atoms with Gasteiger partial charge in [-0.25, -0.2) is 0 Å². The molecule has 0 spiro atoms. The van der Waals surface area contributed by atoms with E-state index in [4.69, 9.17) is 0 Å². The highest BCUT2D eigenvalue weighted by Crippen LogP contribution is 2.05. The molecule has 1 radical (unpaired) electrons. The Hall–Kier alpha value is -1.04. The molecule has 0 atom stereocenters. The first-order chi connectivity index (χ1) is 5.33. The van der Waals surface area contributed by atoms with Crippen LogP contribution in [-0.2, 0) is 6.42 Å². The summed E-state index contributed by atoms with van der Waals surface area (Å²) in [6.45, 7) is 5.82. The second-order valence-electron chi connectivity index (χ2n) is 2.71. The maximum atomic E-state index is 3.72. The van der Waals surface area contributed by atoms with Gasteiger partial charge in [0.2, 0.25) is 0 Å². The summed E-state index contributed by atoms with van der Waals surface area (Å²) in [4.78, 5) is 0. The van der Waals surface area contributed by atoms with E-state index in [9.17, 15) is 0 Å². The van der Waals surface area contributed by atoms with Crippen LogP contribution in [0, 0.1) is 6.92 Å². The molecule has 0 aromatic heterocycles. The fourth-order valence-electron chi connectivity index (χ4n) is 0.990. The van der Waals surface area contributed by atoms with Crippen molar-refractivity contribution in [3.63, 3.8) is 0 Å². The lowest BCUT2D eigenvalue weighted by molar-refractivity contribution is 1.14. The molecule has 0 aliphatic heterocycles. The van der Waals surface area contributed by atoms with Crippen LogP contribution in [0.5, 0.6) is 0 Å². The van der Waals surface area contributed by atoms with Crippen LogP contribution in [0.25, 0.3) is 0 Å². The molecule has 0 bridgehead atoms. The van der Waals surface area contributed by atoms with E-state index >= 15 is 0 Å². The highest BCUT2D eigenvalue weighted by molar-refractivity contribution is 5.21. The van der Waals surface area contributed by atoms with E-state index in [0.717, 1.165) is 6.42 Å². The zero-order valence-corrected chi connectivity index (χ0v) is 6.88. The molecule has 0 amide bonds. The van der Waals surface area contributed by atoms with Crippen molar-refractivity contribution in [3.8, 4) is 0 Å². The van der Waals surface area contributed by atoms with E-state index < -0.39 is 0 Å². The zero-order valence-electron chi connectivity index (χ0n) is 6.88. The molecule has 0 heterocycles. The minimum Gasteiger partial charge on any atom is -0.0850 e. The molecule has 0 saturated heterocycles. The standard InChI is InChI=1S/C11H13/c1-3-10(2)9-11-7-5-4-6-8-11/h3-8H,1,9H2,2H3. The second kappa shape index (κ2) is 3.97. The van der Waals surface area contributed by atoms with Crippen LogP contribution in [0.3, 0.4) is 0 Å². The van der Waals surface area contributed by atoms with Crippen molar-refractivity contribution in [1.29, 1.82) is 0 Å². The minimum atomic E-state index is 1.02. The summed E-state index contributed by atoms with van der Waals surface area (Å²) >= 11 is 0. The summed E-state index contributed by atoms with van der Waals surface area (Å²) in [5.41, 5.74) is 2.67. The smallest absolute Gasteiger partial charge is 0.00699 e. The molecule has 0 saturated carbocycles. The van der Waals surface area contributed by atoms with Gasteiger partial charge in [0.1, 0.15) is 0 Å². The number of rotatable bonds is 2. The van der Waals surface area contributed by atoms with Crippen LogP contribution in [0.1, 0.15) is 12.5 Å². The maximum Gasteiger partial charge on any atom is -0.00699 e. The normalized spacial score (nSPS) is 11.6. The fraction of sp³-hybridized carbons (Fsp3) is 0.182. The molecule has 11 heavy (non-hydrogen) atoms. The second-order valence-corrected chi connectivity index (χ2v) is 2.71. The summed E-state index contributed by atoms with van der Waals surface area (Å²) in [6, 6.07) is 10.4. The van der Waals surface area contributed by atoms with Gasteiger partial charge in [-0.15, -0.1) is 0 Å². The Balaban J connectivity index is 2.65. The van der Waals surface area contributed by atoms with Crippen molar-refractivity contribution < 1.29 is 0 Å². The topological polar surface area (TPSA) is 0 Å². The highest BCUT2D eigenvalue weighted by atomic mass is 14.0. The molecule has 57 valence electrons. The van der Waals surface area contributed by atoms with Gasteiger partial charge in [0.25, 0.3) is 0 Å². The minimum absolute atomic E-state index is 1.02. The number of hydrogen-bond acceptors (Lipinski definition) is 0. The van der Waals surface area contributed by atoms with Crippen molar-refractivity contribution in [2.75, 3.05) is 0 Å². The lowest BCUT2D eigenvalue weighted by Crippen LogP contribution is -1.84. The molecular formula is C11H13. The van der Waals surface area contributed by atoms with Crippen LogP contribution in [0.15, 0.2) is 42.0 Å². The van der Waals surface area contributed by atoms with Gasteiger partial charge in [0.15, 0.2) is 0 Å². The van der Waals surface area contributed by atoms with E-state index in [0.29, 0.717) is 0 Å². The summed E-state index contributed by atoms with van der Waals surface area (Å²) in [7, 11) is 0. The maximum absolute atomic E-state index is 3.72. The van der Waals surface area contributed by atoms with Crippen molar-refractivity contribution >= 4 is 0 Å². The van der Waals surface area contributed by atoms with E-state index in [-0.39, 0.29) is 0 Å². The SMILES string of the molecule is [CH2]C=C(C)Cc1ccccc1. The van der Waals surface area contributed by atoms with E-state index in [2.05, 4.69) is 38.1 Å². The van der Waals surface area contributed by atoms with Gasteiger partial charge in [-0.2, -0.15) is 0 Å². The molecule has 0 N–H and O–H groups in total. The van der Waals surface area contributed by atoms with Gasteiger partial charge >= 0.3 is 0 Å². The number of allylic oxidation sites excluding steroid dienone is 2. The van der Waals surface area contributed by atoms with Gasteiger partial charge in [0.05, 0.1) is 0 Å². The molecule has 0 aliphatic rings. The Morgan fingerprint density at radius 2 is 2.00 bits per heavy atom. The molecule has 0 fully saturated rings. The lowest BCUT2D eigenvalue weighted by Gasteiger charge is -1.99. The average molecular weight is 145 g/mol. The van der Waals surface area contributed by atoms with Crippen LogP contribution >= 0.6 is 0 Å². The van der Waals surface area contributed by atoms with Gasteiger partial charge in [-0.1, -0.05) is 42.0 Å². The third kappa shape index (κ3) is 2.58. The highest BCUT2D eigenvalue weighted by Gasteiger charge is 1.90. The Bertz CT molecular complexity index is 231. The van der Waals surface area contributed by atoms with Gasteiger partial charge in [0, 0.05) is 0 Å². The molecule has 0 heteroatoms. The van der Waals surface area contributed by atoms with Crippen molar-refractivity contribution in [3.05, 3.63) is 54.5 Å². The van der Waals surface area contributed by atoms with Crippen molar-refractivity contribution in [1.82, 2.24) is 0 Å². The summed E-state index contributed by atoms with van der Waals surface area (Å²) in [6.07, 6.45) is 2.93. The first-order valence-corrected chi connectivity index (χ1v) is 3.81. The van der Waals surface area contributed by atoms with Crippen molar-refractivity contribution in [2.45, 2.75) is 13.3 Å². The predicted molar refractivity (Wildman–Crippen MR) is 49.3 cm³/mol. The van der Waals surface area contributed by atoms with Crippen LogP contribution < -0.4 is 0 Å². The molecule has 1 rings (SSSR count). The Morgan fingerprint density at radius 1 is 1.36 bits per heavy atom. The van der Waals surface area contributed by atoms with E-state index in [1.54, 1.807) is 0 Å². The summed E-state index contributed by atoms with van der Waals surface area (Å²) < 4.78 is 0. The van der Waals surface area contributed by atoms with Crippen LogP contribution in [0.2, 0.25) is 0 Å². The number of benzene rings is 1. The van der Waals surface area contributed by atoms with Gasteiger partial charge < -0.3 is 0 Å². The first-order valence-electron chi connectivity index (χ1n) is 3.81. The molecule has 0 nitrogen and oxygen atoms in total. The van der Waals surface area contributed by atoms with E-state index in [1.807, 2.05) is 12.1 Å². The first kappa shape index (κ1) is 8.06. The molecule has 0 unspecified atom stereocenters. The number of hydrogen-bond donors (Lipinski definition) is 0. The van der Waals surface area contributed by atoms with Crippen LogP contribution in [0.4, 0.5) is 0 Å². The van der Waals surface area contributed by atoms with Gasteiger partial charge in [-0.3, -0.25) is 0 Å². The van der Waals surface area contributed by atoms with E-state index in [1.165, 1.54) is 11.1 Å². The summed E-state index contributed by atoms with van der Waals surface area (Å²) in [5.74, 6) is 0. The molecule has 0 aliphatic carbocycles. The molecular weight excluding hydrogens is 132 g/mol. The lowest BCUT2D eigenvalue weighted by atomic mass is 10.1.